The first-order chi connectivity index (χ1) is 12.0. The number of carbonyl (C=O) groups is 2. The Balaban J connectivity index is 1.47. The summed E-state index contributed by atoms with van der Waals surface area (Å²) in [5, 5.41) is 11.6. The molecule has 0 aliphatic carbocycles. The lowest BCUT2D eigenvalue weighted by atomic mass is 10.2. The standard InChI is InChI=1S/C17H17FN2O5/c18-11-3-1-10(2-4-11)16-20-12(9-24-16)7-8-19-15(21)13-5-6-14(25-13)17(22)23/h1-4,9,13-14H,5-8H2,(H,19,21)(H,22,23)/t13-,14+/m0/s1. The zero-order valence-electron chi connectivity index (χ0n) is 13.3. The Kier molecular flexibility index (Phi) is 5.08. The number of aliphatic carboxylic acids is 1. The maximum absolute atomic E-state index is 12.9. The van der Waals surface area contributed by atoms with E-state index in [1.54, 1.807) is 12.1 Å². The van der Waals surface area contributed by atoms with Crippen molar-refractivity contribution in [3.8, 4) is 11.5 Å². The molecular formula is C17H17FN2O5. The average molecular weight is 348 g/mol. The second-order valence-electron chi connectivity index (χ2n) is 5.72. The number of benzene rings is 1. The van der Waals surface area contributed by atoms with E-state index in [-0.39, 0.29) is 11.7 Å². The third-order valence-corrected chi connectivity index (χ3v) is 3.91. The molecule has 2 N–H and O–H groups in total. The van der Waals surface area contributed by atoms with Gasteiger partial charge in [-0.3, -0.25) is 4.79 Å². The summed E-state index contributed by atoms with van der Waals surface area (Å²) in [4.78, 5) is 27.1. The lowest BCUT2D eigenvalue weighted by molar-refractivity contribution is -0.151. The molecule has 1 aliphatic rings. The number of carboxylic acids is 1. The van der Waals surface area contributed by atoms with Crippen molar-refractivity contribution in [3.63, 3.8) is 0 Å². The molecule has 1 aromatic heterocycles. The van der Waals surface area contributed by atoms with Crippen LogP contribution in [0.5, 0.6) is 0 Å². The molecule has 1 amide bonds. The number of halogens is 1. The fraction of sp³-hybridized carbons (Fsp3) is 0.353. The zero-order chi connectivity index (χ0) is 17.8. The van der Waals surface area contributed by atoms with Crippen LogP contribution in [-0.4, -0.2) is 40.7 Å². The molecule has 1 saturated heterocycles. The molecule has 7 nitrogen and oxygen atoms in total. The van der Waals surface area contributed by atoms with Crippen LogP contribution in [0.15, 0.2) is 34.9 Å². The minimum atomic E-state index is -1.05. The van der Waals surface area contributed by atoms with Gasteiger partial charge in [0.05, 0.1) is 5.69 Å². The number of oxazole rings is 1. The third-order valence-electron chi connectivity index (χ3n) is 3.91. The van der Waals surface area contributed by atoms with Crippen LogP contribution < -0.4 is 5.32 Å². The van der Waals surface area contributed by atoms with Gasteiger partial charge in [0, 0.05) is 18.5 Å². The SMILES string of the molecule is O=C(NCCc1coc(-c2ccc(F)cc2)n1)[C@@H]1CC[C@H](C(=O)O)O1. The van der Waals surface area contributed by atoms with E-state index < -0.39 is 18.2 Å². The molecule has 2 aromatic rings. The van der Waals surface area contributed by atoms with E-state index in [1.807, 2.05) is 0 Å². The Morgan fingerprint density at radius 1 is 1.24 bits per heavy atom. The number of nitrogens with zero attached hydrogens (tertiary/aromatic N) is 1. The van der Waals surface area contributed by atoms with Crippen LogP contribution in [0.25, 0.3) is 11.5 Å². The predicted octanol–water partition coefficient (Wildman–Crippen LogP) is 1.77. The Bertz CT molecular complexity index is 759. The average Bonchev–Trinajstić information content (AvgIpc) is 3.25. The summed E-state index contributed by atoms with van der Waals surface area (Å²) in [5.74, 6) is -1.33. The number of hydrogen-bond acceptors (Lipinski definition) is 5. The number of carbonyl (C=O) groups excluding carboxylic acids is 1. The van der Waals surface area contributed by atoms with E-state index >= 15 is 0 Å². The zero-order valence-corrected chi connectivity index (χ0v) is 13.3. The van der Waals surface area contributed by atoms with E-state index in [9.17, 15) is 14.0 Å². The number of hydrogen-bond donors (Lipinski definition) is 2. The molecule has 2 atom stereocenters. The number of carboxylic acid groups (broad SMARTS) is 1. The Hall–Kier alpha value is -2.74. The fourth-order valence-electron chi connectivity index (χ4n) is 2.59. The van der Waals surface area contributed by atoms with Gasteiger partial charge in [0.15, 0.2) is 6.10 Å². The van der Waals surface area contributed by atoms with E-state index in [4.69, 9.17) is 14.3 Å². The highest BCUT2D eigenvalue weighted by Crippen LogP contribution is 2.20. The van der Waals surface area contributed by atoms with Crippen LogP contribution in [0.1, 0.15) is 18.5 Å². The highest BCUT2D eigenvalue weighted by Gasteiger charge is 2.34. The van der Waals surface area contributed by atoms with Crippen molar-refractivity contribution in [2.24, 2.45) is 0 Å². The number of aromatic nitrogens is 1. The molecule has 1 aliphatic heterocycles. The molecule has 0 unspecified atom stereocenters. The lowest BCUT2D eigenvalue weighted by Crippen LogP contribution is -2.36. The molecule has 2 heterocycles. The highest BCUT2D eigenvalue weighted by atomic mass is 19.1. The van der Waals surface area contributed by atoms with Gasteiger partial charge in [-0.25, -0.2) is 14.2 Å². The van der Waals surface area contributed by atoms with Gasteiger partial charge in [0.1, 0.15) is 18.2 Å². The van der Waals surface area contributed by atoms with Gasteiger partial charge in [0.25, 0.3) is 0 Å². The number of rotatable bonds is 6. The molecule has 8 heteroatoms. The Labute approximate surface area is 142 Å². The quantitative estimate of drug-likeness (QED) is 0.825. The Morgan fingerprint density at radius 3 is 2.64 bits per heavy atom. The van der Waals surface area contributed by atoms with Crippen molar-refractivity contribution in [3.05, 3.63) is 42.0 Å². The largest absolute Gasteiger partial charge is 0.479 e. The molecule has 0 bridgehead atoms. The summed E-state index contributed by atoms with van der Waals surface area (Å²) in [6, 6.07) is 5.79. The molecule has 1 aromatic carbocycles. The molecule has 25 heavy (non-hydrogen) atoms. The maximum Gasteiger partial charge on any atom is 0.332 e. The summed E-state index contributed by atoms with van der Waals surface area (Å²) < 4.78 is 23.4. The van der Waals surface area contributed by atoms with Crippen molar-refractivity contribution >= 4 is 11.9 Å². The predicted molar refractivity (Wildman–Crippen MR) is 84.1 cm³/mol. The molecule has 1 fully saturated rings. The van der Waals surface area contributed by atoms with Crippen molar-refractivity contribution < 1.29 is 28.2 Å². The van der Waals surface area contributed by atoms with E-state index in [1.165, 1.54) is 18.4 Å². The summed E-state index contributed by atoms with van der Waals surface area (Å²) >= 11 is 0. The van der Waals surface area contributed by atoms with Crippen LogP contribution in [0.2, 0.25) is 0 Å². The molecule has 132 valence electrons. The summed E-state index contributed by atoms with van der Waals surface area (Å²) in [7, 11) is 0. The van der Waals surface area contributed by atoms with Gasteiger partial charge < -0.3 is 19.6 Å². The van der Waals surface area contributed by atoms with Gasteiger partial charge in [-0.1, -0.05) is 0 Å². The first-order valence-corrected chi connectivity index (χ1v) is 7.89. The molecule has 0 radical (unpaired) electrons. The Morgan fingerprint density at radius 2 is 1.96 bits per heavy atom. The first-order valence-electron chi connectivity index (χ1n) is 7.89. The third kappa shape index (κ3) is 4.21. The molecule has 0 spiro atoms. The second kappa shape index (κ2) is 7.43. The monoisotopic (exact) mass is 348 g/mol. The minimum Gasteiger partial charge on any atom is -0.479 e. The van der Waals surface area contributed by atoms with Crippen LogP contribution in [0.3, 0.4) is 0 Å². The lowest BCUT2D eigenvalue weighted by Gasteiger charge is -2.11. The van der Waals surface area contributed by atoms with Crippen molar-refractivity contribution in [1.82, 2.24) is 10.3 Å². The first kappa shape index (κ1) is 17.1. The number of ether oxygens (including phenoxy) is 1. The fourth-order valence-corrected chi connectivity index (χ4v) is 2.59. The van der Waals surface area contributed by atoms with Crippen LogP contribution in [0.4, 0.5) is 4.39 Å². The molecule has 3 rings (SSSR count). The van der Waals surface area contributed by atoms with Gasteiger partial charge in [-0.05, 0) is 37.1 Å². The maximum atomic E-state index is 12.9. The topological polar surface area (TPSA) is 102 Å². The second-order valence-corrected chi connectivity index (χ2v) is 5.72. The van der Waals surface area contributed by atoms with Crippen molar-refractivity contribution in [2.45, 2.75) is 31.5 Å². The van der Waals surface area contributed by atoms with Crippen LogP contribution >= 0.6 is 0 Å². The summed E-state index contributed by atoms with van der Waals surface area (Å²) in [6.45, 7) is 0.325. The van der Waals surface area contributed by atoms with Crippen molar-refractivity contribution in [1.29, 1.82) is 0 Å². The molecule has 0 saturated carbocycles. The molecular weight excluding hydrogens is 331 g/mol. The van der Waals surface area contributed by atoms with E-state index in [2.05, 4.69) is 10.3 Å². The number of nitrogens with one attached hydrogen (secondary N) is 1. The van der Waals surface area contributed by atoms with Crippen LogP contribution in [0, 0.1) is 5.82 Å². The summed E-state index contributed by atoms with van der Waals surface area (Å²) in [6.07, 6.45) is 1.01. The smallest absolute Gasteiger partial charge is 0.332 e. The van der Waals surface area contributed by atoms with Gasteiger partial charge in [0.2, 0.25) is 11.8 Å². The minimum absolute atomic E-state index is 0.325. The number of amides is 1. The van der Waals surface area contributed by atoms with E-state index in [0.717, 1.165) is 0 Å². The van der Waals surface area contributed by atoms with Crippen molar-refractivity contribution in [2.75, 3.05) is 6.54 Å². The van der Waals surface area contributed by atoms with Crippen LogP contribution in [-0.2, 0) is 20.7 Å². The normalized spacial score (nSPS) is 19.7. The van der Waals surface area contributed by atoms with Gasteiger partial charge in [-0.15, -0.1) is 0 Å². The highest BCUT2D eigenvalue weighted by molar-refractivity contribution is 5.82. The summed E-state index contributed by atoms with van der Waals surface area (Å²) in [5.41, 5.74) is 1.31. The van der Waals surface area contributed by atoms with E-state index in [0.29, 0.717) is 43.0 Å². The van der Waals surface area contributed by atoms with Gasteiger partial charge >= 0.3 is 5.97 Å². The van der Waals surface area contributed by atoms with Gasteiger partial charge in [-0.2, -0.15) is 0 Å².